The van der Waals surface area contributed by atoms with Crippen LogP contribution < -0.4 is 10.2 Å². The van der Waals surface area contributed by atoms with Crippen molar-refractivity contribution in [2.75, 3.05) is 23.3 Å². The van der Waals surface area contributed by atoms with Crippen LogP contribution in [0.4, 0.5) is 11.4 Å². The Balaban J connectivity index is 2.03. The second kappa shape index (κ2) is 5.77. The Labute approximate surface area is 131 Å². The van der Waals surface area contributed by atoms with Gasteiger partial charge in [-0.15, -0.1) is 0 Å². The zero-order chi connectivity index (χ0) is 14.8. The van der Waals surface area contributed by atoms with Gasteiger partial charge in [0, 0.05) is 17.6 Å². The Morgan fingerprint density at radius 3 is 2.90 bits per heavy atom. The van der Waals surface area contributed by atoms with Gasteiger partial charge >= 0.3 is 0 Å². The smallest absolute Gasteiger partial charge is 0.262 e. The zero-order valence-electron chi connectivity index (χ0n) is 11.3. The van der Waals surface area contributed by atoms with Crippen molar-refractivity contribution in [1.29, 1.82) is 0 Å². The summed E-state index contributed by atoms with van der Waals surface area (Å²) in [5, 5.41) is 13.3. The van der Waals surface area contributed by atoms with E-state index in [4.69, 9.17) is 0 Å². The summed E-state index contributed by atoms with van der Waals surface area (Å²) in [6.45, 7) is 1.44. The minimum Gasteiger partial charge on any atom is -0.507 e. The maximum absolute atomic E-state index is 12.8. The lowest BCUT2D eigenvalue weighted by atomic mass is 10.1. The molecular weight excluding hydrogens is 332 g/mol. The molecule has 108 valence electrons. The van der Waals surface area contributed by atoms with Crippen molar-refractivity contribution in [3.05, 3.63) is 52.5 Å². The second-order valence-electron chi connectivity index (χ2n) is 4.92. The Morgan fingerprint density at radius 2 is 2.05 bits per heavy atom. The maximum Gasteiger partial charge on any atom is 0.262 e. The monoisotopic (exact) mass is 346 g/mol. The van der Waals surface area contributed by atoms with Crippen LogP contribution in [-0.2, 0) is 0 Å². The van der Waals surface area contributed by atoms with Crippen LogP contribution in [0.15, 0.2) is 46.9 Å². The van der Waals surface area contributed by atoms with E-state index in [0.717, 1.165) is 28.8 Å². The molecule has 21 heavy (non-hydrogen) atoms. The van der Waals surface area contributed by atoms with Gasteiger partial charge in [-0.3, -0.25) is 4.79 Å². The molecule has 2 aromatic carbocycles. The molecule has 1 amide bonds. The molecule has 5 heteroatoms. The number of nitrogens with zero attached hydrogens (tertiary/aromatic N) is 1. The molecule has 2 aromatic rings. The molecule has 0 fully saturated rings. The Kier molecular flexibility index (Phi) is 3.84. The molecular formula is C16H15BrN2O2. The highest BCUT2D eigenvalue weighted by Crippen LogP contribution is 2.31. The van der Waals surface area contributed by atoms with E-state index in [2.05, 4.69) is 21.2 Å². The van der Waals surface area contributed by atoms with Gasteiger partial charge in [0.15, 0.2) is 0 Å². The molecule has 1 aliphatic rings. The van der Waals surface area contributed by atoms with Gasteiger partial charge in [-0.1, -0.05) is 28.1 Å². The number of phenolic OH excluding ortho intramolecular Hbond substituents is 1. The zero-order valence-corrected chi connectivity index (χ0v) is 12.9. The van der Waals surface area contributed by atoms with Gasteiger partial charge in [-0.2, -0.15) is 0 Å². The SMILES string of the molecule is O=C(c1cc(Br)ccc1O)N1CCCNc2ccccc21. The predicted molar refractivity (Wildman–Crippen MR) is 87.0 cm³/mol. The molecule has 0 aliphatic carbocycles. The largest absolute Gasteiger partial charge is 0.507 e. The molecule has 0 unspecified atom stereocenters. The van der Waals surface area contributed by atoms with Crippen LogP contribution in [0.5, 0.6) is 5.75 Å². The van der Waals surface area contributed by atoms with Crippen molar-refractivity contribution >= 4 is 33.2 Å². The molecule has 0 saturated heterocycles. The number of nitrogens with one attached hydrogen (secondary N) is 1. The molecule has 0 spiro atoms. The third-order valence-corrected chi connectivity index (χ3v) is 4.00. The van der Waals surface area contributed by atoms with Crippen LogP contribution in [0.2, 0.25) is 0 Å². The molecule has 0 saturated carbocycles. The van der Waals surface area contributed by atoms with Gasteiger partial charge in [-0.05, 0) is 36.8 Å². The van der Waals surface area contributed by atoms with Crippen LogP contribution >= 0.6 is 15.9 Å². The predicted octanol–water partition coefficient (Wildman–Crippen LogP) is 3.62. The molecule has 3 rings (SSSR count). The minimum absolute atomic E-state index is 0.00196. The third-order valence-electron chi connectivity index (χ3n) is 3.50. The summed E-state index contributed by atoms with van der Waals surface area (Å²) in [5.74, 6) is -0.192. The molecule has 1 aliphatic heterocycles. The summed E-state index contributed by atoms with van der Waals surface area (Å²) in [6.07, 6.45) is 0.856. The van der Waals surface area contributed by atoms with Crippen molar-refractivity contribution in [3.8, 4) is 5.75 Å². The normalized spacial score (nSPS) is 14.0. The second-order valence-corrected chi connectivity index (χ2v) is 5.83. The van der Waals surface area contributed by atoms with Crippen molar-refractivity contribution in [2.45, 2.75) is 6.42 Å². The fourth-order valence-electron chi connectivity index (χ4n) is 2.48. The topological polar surface area (TPSA) is 52.6 Å². The van der Waals surface area contributed by atoms with Crippen molar-refractivity contribution in [3.63, 3.8) is 0 Å². The third kappa shape index (κ3) is 2.74. The van der Waals surface area contributed by atoms with Crippen molar-refractivity contribution in [1.82, 2.24) is 0 Å². The summed E-state index contributed by atoms with van der Waals surface area (Å²) in [5.41, 5.74) is 2.10. The van der Waals surface area contributed by atoms with Gasteiger partial charge in [0.2, 0.25) is 0 Å². The first kappa shape index (κ1) is 13.9. The molecule has 0 bridgehead atoms. The summed E-state index contributed by atoms with van der Waals surface area (Å²) in [7, 11) is 0. The summed E-state index contributed by atoms with van der Waals surface area (Å²) in [4.78, 5) is 14.5. The van der Waals surface area contributed by atoms with Gasteiger partial charge in [0.25, 0.3) is 5.91 Å². The van der Waals surface area contributed by atoms with E-state index in [1.807, 2.05) is 24.3 Å². The van der Waals surface area contributed by atoms with E-state index in [9.17, 15) is 9.90 Å². The highest BCUT2D eigenvalue weighted by molar-refractivity contribution is 9.10. The van der Waals surface area contributed by atoms with E-state index in [1.165, 1.54) is 6.07 Å². The lowest BCUT2D eigenvalue weighted by Crippen LogP contribution is -2.31. The Hall–Kier alpha value is -2.01. The number of hydrogen-bond donors (Lipinski definition) is 2. The summed E-state index contributed by atoms with van der Waals surface area (Å²) >= 11 is 3.34. The number of hydrogen-bond acceptors (Lipinski definition) is 3. The highest BCUT2D eigenvalue weighted by Gasteiger charge is 2.24. The number of benzene rings is 2. The molecule has 0 radical (unpaired) electrons. The molecule has 1 heterocycles. The van der Waals surface area contributed by atoms with E-state index in [-0.39, 0.29) is 11.7 Å². The van der Waals surface area contributed by atoms with E-state index >= 15 is 0 Å². The van der Waals surface area contributed by atoms with Crippen LogP contribution in [0.1, 0.15) is 16.8 Å². The Morgan fingerprint density at radius 1 is 1.24 bits per heavy atom. The number of fused-ring (bicyclic) bond motifs is 1. The number of phenols is 1. The fourth-order valence-corrected chi connectivity index (χ4v) is 2.84. The number of halogens is 1. The Bertz CT molecular complexity index is 688. The number of carbonyl (C=O) groups excluding carboxylic acids is 1. The summed E-state index contributed by atoms with van der Waals surface area (Å²) < 4.78 is 0.768. The average molecular weight is 347 g/mol. The first-order chi connectivity index (χ1) is 10.2. The van der Waals surface area contributed by atoms with Gasteiger partial charge in [0.1, 0.15) is 5.75 Å². The number of aromatic hydroxyl groups is 1. The van der Waals surface area contributed by atoms with Crippen molar-refractivity contribution < 1.29 is 9.90 Å². The van der Waals surface area contributed by atoms with E-state index in [0.29, 0.717) is 12.1 Å². The highest BCUT2D eigenvalue weighted by atomic mass is 79.9. The quantitative estimate of drug-likeness (QED) is 0.829. The molecule has 0 aromatic heterocycles. The molecule has 2 N–H and O–H groups in total. The number of rotatable bonds is 1. The number of anilines is 2. The summed E-state index contributed by atoms with van der Waals surface area (Å²) in [6, 6.07) is 12.6. The number of amides is 1. The number of carbonyl (C=O) groups is 1. The minimum atomic E-state index is -0.190. The van der Waals surface area contributed by atoms with Gasteiger partial charge in [-0.25, -0.2) is 0 Å². The number of para-hydroxylation sites is 2. The lowest BCUT2D eigenvalue weighted by molar-refractivity contribution is 0.0984. The van der Waals surface area contributed by atoms with Crippen LogP contribution in [0.25, 0.3) is 0 Å². The molecule has 0 atom stereocenters. The fraction of sp³-hybridized carbons (Fsp3) is 0.188. The maximum atomic E-state index is 12.8. The first-order valence-electron chi connectivity index (χ1n) is 6.80. The average Bonchev–Trinajstić information content (AvgIpc) is 2.71. The lowest BCUT2D eigenvalue weighted by Gasteiger charge is -2.23. The van der Waals surface area contributed by atoms with Gasteiger partial charge in [0.05, 0.1) is 16.9 Å². The molecule has 4 nitrogen and oxygen atoms in total. The van der Waals surface area contributed by atoms with E-state index in [1.54, 1.807) is 17.0 Å². The van der Waals surface area contributed by atoms with E-state index < -0.39 is 0 Å². The standard InChI is InChI=1S/C16H15BrN2O2/c17-11-6-7-15(20)12(10-11)16(21)19-9-3-8-18-13-4-1-2-5-14(13)19/h1-2,4-7,10,18,20H,3,8-9H2. The first-order valence-corrected chi connectivity index (χ1v) is 7.59. The van der Waals surface area contributed by atoms with Crippen LogP contribution in [-0.4, -0.2) is 24.1 Å². The van der Waals surface area contributed by atoms with Crippen LogP contribution in [0, 0.1) is 0 Å². The van der Waals surface area contributed by atoms with Crippen LogP contribution in [0.3, 0.4) is 0 Å². The van der Waals surface area contributed by atoms with Crippen molar-refractivity contribution in [2.24, 2.45) is 0 Å². The van der Waals surface area contributed by atoms with Gasteiger partial charge < -0.3 is 15.3 Å².